The number of nitrogens with two attached hydrogens (primary N) is 1. The number of fused-ring (bicyclic) bond motifs is 1. The van der Waals surface area contributed by atoms with Gasteiger partial charge in [-0.15, -0.1) is 0 Å². The Morgan fingerprint density at radius 2 is 2.21 bits per heavy atom. The maximum atomic E-state index is 12.4. The van der Waals surface area contributed by atoms with E-state index in [0.717, 1.165) is 0 Å². The number of pyridine rings is 1. The number of urea groups is 1. The van der Waals surface area contributed by atoms with E-state index in [2.05, 4.69) is 36.0 Å². The minimum absolute atomic E-state index is 0.0186. The monoisotopic (exact) mass is 485 g/mol. The van der Waals surface area contributed by atoms with E-state index in [1.165, 1.54) is 18.3 Å². The topological polar surface area (TPSA) is 189 Å². The van der Waals surface area contributed by atoms with Crippen molar-refractivity contribution in [2.24, 2.45) is 21.3 Å². The number of halogens is 1. The number of hydrogen-bond donors (Lipinski definition) is 3. The molecule has 0 aliphatic heterocycles. The van der Waals surface area contributed by atoms with Gasteiger partial charge in [0, 0.05) is 34.1 Å². The number of aromatic nitrogens is 1. The third-order valence-electron chi connectivity index (χ3n) is 4.56. The van der Waals surface area contributed by atoms with Crippen LogP contribution in [0.2, 0.25) is 0 Å². The zero-order chi connectivity index (χ0) is 24.5. The highest BCUT2D eigenvalue weighted by Crippen LogP contribution is 2.33. The van der Waals surface area contributed by atoms with Gasteiger partial charge in [0.25, 0.3) is 0 Å². The van der Waals surface area contributed by atoms with Gasteiger partial charge in [0.1, 0.15) is 17.3 Å². The van der Waals surface area contributed by atoms with Crippen LogP contribution in [0.1, 0.15) is 23.7 Å². The number of hydrogen-bond acceptors (Lipinski definition) is 7. The Morgan fingerprint density at radius 3 is 2.91 bits per heavy atom. The van der Waals surface area contributed by atoms with E-state index in [0.29, 0.717) is 40.4 Å². The summed E-state index contributed by atoms with van der Waals surface area (Å²) >= 11 is 6.34. The first-order chi connectivity index (χ1) is 16.5. The highest BCUT2D eigenvalue weighted by molar-refractivity contribution is 6.30. The Hall–Kier alpha value is -4.35. The van der Waals surface area contributed by atoms with Crippen molar-refractivity contribution >= 4 is 34.4 Å². The molecule has 2 aromatic rings. The summed E-state index contributed by atoms with van der Waals surface area (Å²) in [5.74, 6) is 5.16. The lowest BCUT2D eigenvalue weighted by molar-refractivity contribution is 0.0990. The van der Waals surface area contributed by atoms with E-state index < -0.39 is 5.91 Å². The number of allylic oxidation sites excluding steroid dienone is 1. The van der Waals surface area contributed by atoms with Crippen LogP contribution in [0.5, 0.6) is 11.5 Å². The second-order valence-electron chi connectivity index (χ2n) is 6.73. The molecule has 1 heterocycles. The fourth-order valence-corrected chi connectivity index (χ4v) is 3.34. The molecule has 0 saturated carbocycles. The van der Waals surface area contributed by atoms with Gasteiger partial charge in [-0.05, 0) is 43.2 Å². The molecule has 1 unspecified atom stereocenters. The van der Waals surface area contributed by atoms with Gasteiger partial charge in [-0.25, -0.2) is 4.79 Å². The van der Waals surface area contributed by atoms with Gasteiger partial charge in [0.05, 0.1) is 17.1 Å². The van der Waals surface area contributed by atoms with Crippen molar-refractivity contribution in [2.45, 2.75) is 19.4 Å². The zero-order valence-corrected chi connectivity index (χ0v) is 18.7. The van der Waals surface area contributed by atoms with Gasteiger partial charge in [-0.2, -0.15) is 0 Å². The van der Waals surface area contributed by atoms with Gasteiger partial charge < -0.3 is 25.9 Å². The molecule has 1 atom stereocenters. The van der Waals surface area contributed by atoms with Crippen molar-refractivity contribution in [3.05, 3.63) is 63.3 Å². The summed E-state index contributed by atoms with van der Waals surface area (Å²) in [4.78, 5) is 31.0. The molecule has 176 valence electrons. The summed E-state index contributed by atoms with van der Waals surface area (Å²) in [6, 6.07) is 3.87. The Balaban J connectivity index is 1.91. The first-order valence-electron chi connectivity index (χ1n) is 9.98. The van der Waals surface area contributed by atoms with Crippen LogP contribution in [-0.2, 0) is 0 Å². The largest absolute Gasteiger partial charge is 0.487 e. The maximum Gasteiger partial charge on any atom is 0.315 e. The lowest BCUT2D eigenvalue weighted by Crippen LogP contribution is -2.42. The van der Waals surface area contributed by atoms with Gasteiger partial charge >= 0.3 is 11.9 Å². The molecule has 14 heteroatoms. The lowest BCUT2D eigenvalue weighted by atomic mass is 10.1. The van der Waals surface area contributed by atoms with Crippen LogP contribution in [0, 0.1) is 0 Å². The number of nitrogens with zero attached hydrogens (tertiary/aromatic N) is 6. The predicted octanol–water partition coefficient (Wildman–Crippen LogP) is 3.82. The van der Waals surface area contributed by atoms with E-state index in [9.17, 15) is 9.59 Å². The van der Waals surface area contributed by atoms with Crippen LogP contribution in [0.25, 0.3) is 21.3 Å². The minimum atomic E-state index is -0.769. The first kappa shape index (κ1) is 24.3. The van der Waals surface area contributed by atoms with Crippen molar-refractivity contribution in [3.8, 4) is 11.5 Å². The molecule has 0 fully saturated rings. The molecule has 1 aliphatic carbocycles. The van der Waals surface area contributed by atoms with Crippen molar-refractivity contribution in [1.29, 1.82) is 0 Å². The third-order valence-corrected chi connectivity index (χ3v) is 4.93. The molecule has 34 heavy (non-hydrogen) atoms. The van der Waals surface area contributed by atoms with Gasteiger partial charge in [-0.3, -0.25) is 9.78 Å². The summed E-state index contributed by atoms with van der Waals surface area (Å²) < 4.78 is 11.4. The Kier molecular flexibility index (Phi) is 8.21. The molecule has 0 radical (unpaired) electrons. The number of carbonyl (C=O) groups is 2. The first-order valence-corrected chi connectivity index (χ1v) is 10.4. The van der Waals surface area contributed by atoms with Crippen molar-refractivity contribution in [1.82, 2.24) is 15.6 Å². The second kappa shape index (κ2) is 11.5. The summed E-state index contributed by atoms with van der Waals surface area (Å²) in [7, 11) is 0. The normalized spacial score (nSPS) is 15.2. The average Bonchev–Trinajstić information content (AvgIpc) is 2.81. The van der Waals surface area contributed by atoms with E-state index in [1.807, 2.05) is 6.92 Å². The van der Waals surface area contributed by atoms with Crippen LogP contribution in [0.15, 0.2) is 62.8 Å². The summed E-state index contributed by atoms with van der Waals surface area (Å²) in [6.45, 7) is 1.96. The molecule has 3 amide bonds. The van der Waals surface area contributed by atoms with E-state index in [1.54, 1.807) is 18.2 Å². The quantitative estimate of drug-likeness (QED) is 0.167. The lowest BCUT2D eigenvalue weighted by Gasteiger charge is -2.21. The number of carbonyl (C=O) groups excluding carboxylic acids is 2. The number of ether oxygens (including phenoxy) is 2. The second-order valence-corrected chi connectivity index (χ2v) is 7.17. The summed E-state index contributed by atoms with van der Waals surface area (Å²) in [6.07, 6.45) is 5.31. The Morgan fingerprint density at radius 1 is 1.38 bits per heavy atom. The van der Waals surface area contributed by atoms with E-state index in [-0.39, 0.29) is 30.1 Å². The van der Waals surface area contributed by atoms with Crippen molar-refractivity contribution < 1.29 is 19.1 Å². The summed E-state index contributed by atoms with van der Waals surface area (Å²) in [5, 5.41) is 15.9. The molecule has 4 N–H and O–H groups in total. The van der Waals surface area contributed by atoms with Crippen molar-refractivity contribution in [2.75, 3.05) is 13.3 Å². The molecule has 0 saturated heterocycles. The zero-order valence-electron chi connectivity index (χ0n) is 17.9. The highest BCUT2D eigenvalue weighted by atomic mass is 35.5. The number of nitrogens with one attached hydrogen (secondary N) is 2. The van der Waals surface area contributed by atoms with E-state index >= 15 is 0 Å². The molecule has 1 aromatic heterocycles. The van der Waals surface area contributed by atoms with Gasteiger partial charge in [0.15, 0.2) is 6.73 Å². The molecular weight excluding hydrogens is 466 g/mol. The van der Waals surface area contributed by atoms with Gasteiger partial charge in [-0.1, -0.05) is 27.1 Å². The van der Waals surface area contributed by atoms with Crippen molar-refractivity contribution in [3.63, 3.8) is 0 Å². The fraction of sp³-hybridized carbons (Fsp3) is 0.250. The molecule has 0 spiro atoms. The molecule has 13 nitrogen and oxygen atoms in total. The fourth-order valence-electron chi connectivity index (χ4n) is 3.09. The average molecular weight is 486 g/mol. The molecule has 1 aliphatic rings. The SMILES string of the molecule is CCNC(=O)NC1CC=C(Oc2ccnc3cc(OCN=[N+]=[N-])c(C(=O)N=NN)cc23)C=C1Cl. The number of azide groups is 1. The predicted molar refractivity (Wildman–Crippen MR) is 123 cm³/mol. The molecule has 3 rings (SSSR count). The Labute approximate surface area is 198 Å². The number of rotatable bonds is 8. The van der Waals surface area contributed by atoms with Crippen LogP contribution >= 0.6 is 11.6 Å². The van der Waals surface area contributed by atoms with Gasteiger partial charge in [0.2, 0.25) is 0 Å². The highest BCUT2D eigenvalue weighted by Gasteiger charge is 2.21. The van der Waals surface area contributed by atoms with Crippen LogP contribution in [0.3, 0.4) is 0 Å². The molecule has 1 aromatic carbocycles. The van der Waals surface area contributed by atoms with Crippen LogP contribution in [0.4, 0.5) is 4.79 Å². The maximum absolute atomic E-state index is 12.4. The molecule has 0 bridgehead atoms. The Bertz CT molecular complexity index is 1240. The number of benzene rings is 1. The van der Waals surface area contributed by atoms with Crippen LogP contribution < -0.4 is 25.9 Å². The molecular formula is C20H20ClN9O4. The minimum Gasteiger partial charge on any atom is -0.487 e. The smallest absolute Gasteiger partial charge is 0.315 e. The summed E-state index contributed by atoms with van der Waals surface area (Å²) in [5.41, 5.74) is 8.92. The van der Waals surface area contributed by atoms with E-state index in [4.69, 9.17) is 32.4 Å². The number of amides is 3. The standard InChI is InChI=1S/C20H20ClN9O4/c1-2-24-20(32)27-15-4-3-11(7-14(15)21)34-17-5-6-25-16-9-18(33-10-26-29-22)13(8-12(16)17)19(31)28-30-23/h3,5-9,15H,2,4,10H2,1H3,(H2,23,28,31)(H2,24,27,32). The van der Waals surface area contributed by atoms with Crippen LogP contribution in [-0.4, -0.2) is 36.2 Å². The third kappa shape index (κ3) is 5.91.